The highest BCUT2D eigenvalue weighted by Crippen LogP contribution is 2.23. The maximum Gasteiger partial charge on any atom is 0.279 e. The van der Waals surface area contributed by atoms with E-state index in [0.717, 1.165) is 28.0 Å². The van der Waals surface area contributed by atoms with E-state index in [9.17, 15) is 13.2 Å². The summed E-state index contributed by atoms with van der Waals surface area (Å²) in [5, 5.41) is 0. The van der Waals surface area contributed by atoms with Crippen LogP contribution < -0.4 is 9.54 Å². The van der Waals surface area contributed by atoms with Gasteiger partial charge in [0.15, 0.2) is 14.6 Å². The number of aryl methyl sites for hydroxylation is 1. The monoisotopic (exact) mass is 436 g/mol. The number of methoxy groups -OCH3 is 1. The number of ether oxygens (including phenoxy) is 1. The van der Waals surface area contributed by atoms with Crippen molar-refractivity contribution in [1.29, 1.82) is 0 Å². The van der Waals surface area contributed by atoms with Crippen molar-refractivity contribution in [3.63, 3.8) is 0 Å². The van der Waals surface area contributed by atoms with Gasteiger partial charge in [0.05, 0.1) is 22.2 Å². The Morgan fingerprint density at radius 3 is 2.71 bits per heavy atom. The molecule has 0 radical (unpaired) electrons. The van der Waals surface area contributed by atoms with Crippen molar-refractivity contribution in [1.82, 2.24) is 4.57 Å². The second kappa shape index (κ2) is 8.50. The summed E-state index contributed by atoms with van der Waals surface area (Å²) < 4.78 is 31.8. The van der Waals surface area contributed by atoms with Crippen LogP contribution >= 0.6 is 23.1 Å². The minimum absolute atomic E-state index is 0.102. The van der Waals surface area contributed by atoms with Gasteiger partial charge in [-0.2, -0.15) is 16.8 Å². The number of rotatable bonds is 6. The fraction of sp³-hybridized carbons (Fsp3) is 0.263. The molecule has 1 aromatic heterocycles. The number of amides is 1. The number of hydrogen-bond acceptors (Lipinski definition) is 6. The van der Waals surface area contributed by atoms with Gasteiger partial charge >= 0.3 is 0 Å². The van der Waals surface area contributed by atoms with Crippen molar-refractivity contribution in [2.75, 3.05) is 25.4 Å². The van der Waals surface area contributed by atoms with Crippen molar-refractivity contribution in [2.24, 2.45) is 4.99 Å². The van der Waals surface area contributed by atoms with E-state index in [1.165, 1.54) is 23.5 Å². The number of nitrogens with zero attached hydrogens (tertiary/aromatic N) is 2. The van der Waals surface area contributed by atoms with Crippen molar-refractivity contribution in [3.8, 4) is 5.75 Å². The van der Waals surface area contributed by atoms with E-state index < -0.39 is 15.7 Å². The number of hydrogen-bond donors (Lipinski definition) is 0. The molecule has 0 bridgehead atoms. The Labute approximate surface area is 171 Å². The minimum Gasteiger partial charge on any atom is -0.497 e. The van der Waals surface area contributed by atoms with Crippen LogP contribution in [0, 0.1) is 0 Å². The average molecular weight is 437 g/mol. The fourth-order valence-electron chi connectivity index (χ4n) is 2.68. The summed E-state index contributed by atoms with van der Waals surface area (Å²) in [6, 6.07) is 11.7. The topological polar surface area (TPSA) is 77.7 Å². The van der Waals surface area contributed by atoms with Gasteiger partial charge in [-0.3, -0.25) is 4.79 Å². The fourth-order valence-corrected chi connectivity index (χ4v) is 4.79. The van der Waals surface area contributed by atoms with Crippen LogP contribution in [-0.4, -0.2) is 44.3 Å². The molecule has 0 saturated carbocycles. The van der Waals surface area contributed by atoms with E-state index in [-0.39, 0.29) is 10.5 Å². The zero-order valence-electron chi connectivity index (χ0n) is 15.7. The summed E-state index contributed by atoms with van der Waals surface area (Å²) in [7, 11) is -1.78. The third-order valence-electron chi connectivity index (χ3n) is 4.12. The lowest BCUT2D eigenvalue weighted by Crippen LogP contribution is -2.18. The molecule has 0 unspecified atom stereocenters. The van der Waals surface area contributed by atoms with Crippen LogP contribution in [0.1, 0.15) is 10.4 Å². The molecule has 3 aromatic rings. The van der Waals surface area contributed by atoms with E-state index in [0.29, 0.717) is 11.3 Å². The third kappa shape index (κ3) is 4.48. The van der Waals surface area contributed by atoms with Crippen molar-refractivity contribution in [2.45, 2.75) is 11.4 Å². The van der Waals surface area contributed by atoms with Crippen LogP contribution in [0.25, 0.3) is 10.2 Å². The number of thioether (sulfide) groups is 1. The number of aromatic nitrogens is 1. The highest BCUT2D eigenvalue weighted by atomic mass is 32.2. The lowest BCUT2D eigenvalue weighted by atomic mass is 10.2. The van der Waals surface area contributed by atoms with Gasteiger partial charge in [0.1, 0.15) is 5.75 Å². The molecule has 0 spiro atoms. The molecule has 1 amide bonds. The highest BCUT2D eigenvalue weighted by Gasteiger charge is 2.13. The Hall–Kier alpha value is -2.10. The molecule has 0 aliphatic rings. The second-order valence-electron chi connectivity index (χ2n) is 6.08. The smallest absolute Gasteiger partial charge is 0.279 e. The summed E-state index contributed by atoms with van der Waals surface area (Å²) in [5.41, 5.74) is 1.23. The first-order valence-corrected chi connectivity index (χ1v) is 12.5. The molecule has 0 aliphatic heterocycles. The quantitative estimate of drug-likeness (QED) is 0.593. The molecule has 0 saturated heterocycles. The summed E-state index contributed by atoms with van der Waals surface area (Å²) >= 11 is 3.12. The molecule has 148 valence electrons. The summed E-state index contributed by atoms with van der Waals surface area (Å²) in [4.78, 5) is 17.7. The molecule has 1 heterocycles. The normalized spacial score (nSPS) is 12.5. The van der Waals surface area contributed by atoms with Crippen LogP contribution in [0.4, 0.5) is 0 Å². The zero-order valence-corrected chi connectivity index (χ0v) is 18.2. The van der Waals surface area contributed by atoms with Crippen molar-refractivity contribution < 1.29 is 17.9 Å². The molecule has 6 nitrogen and oxygen atoms in total. The SMILES string of the molecule is COc1ccc2c(c1)sc(=NC(=O)c1cccc(S(C)(=O)=O)c1)n2CCSC. The van der Waals surface area contributed by atoms with Gasteiger partial charge in [-0.1, -0.05) is 17.4 Å². The Bertz CT molecular complexity index is 1190. The Balaban J connectivity index is 2.11. The molecule has 2 aromatic carbocycles. The molecule has 0 atom stereocenters. The molecule has 0 N–H and O–H groups in total. The average Bonchev–Trinajstić information content (AvgIpc) is 3.01. The van der Waals surface area contributed by atoms with Gasteiger partial charge in [0.25, 0.3) is 5.91 Å². The van der Waals surface area contributed by atoms with Crippen LogP contribution in [0.15, 0.2) is 52.4 Å². The maximum atomic E-state index is 12.7. The number of thiazole rings is 1. The Morgan fingerprint density at radius 2 is 2.04 bits per heavy atom. The van der Waals surface area contributed by atoms with Crippen LogP contribution in [0.2, 0.25) is 0 Å². The van der Waals surface area contributed by atoms with Gasteiger partial charge in [-0.05, 0) is 42.7 Å². The Kier molecular flexibility index (Phi) is 6.26. The lowest BCUT2D eigenvalue weighted by molar-refractivity contribution is 0.0997. The molecule has 0 aliphatic carbocycles. The van der Waals surface area contributed by atoms with Crippen molar-refractivity contribution >= 4 is 49.1 Å². The first-order valence-electron chi connectivity index (χ1n) is 8.39. The van der Waals surface area contributed by atoms with Crippen molar-refractivity contribution in [3.05, 3.63) is 52.8 Å². The maximum absolute atomic E-state index is 12.7. The van der Waals surface area contributed by atoms with E-state index in [2.05, 4.69) is 4.99 Å². The number of fused-ring (bicyclic) bond motifs is 1. The predicted octanol–water partition coefficient (Wildman–Crippen LogP) is 3.22. The number of carbonyl (C=O) groups is 1. The van der Waals surface area contributed by atoms with Crippen LogP contribution in [0.5, 0.6) is 5.75 Å². The predicted molar refractivity (Wildman–Crippen MR) is 114 cm³/mol. The van der Waals surface area contributed by atoms with E-state index in [1.807, 2.05) is 29.0 Å². The molecule has 3 rings (SSSR count). The third-order valence-corrected chi connectivity index (χ3v) is 6.86. The van der Waals surface area contributed by atoms with E-state index >= 15 is 0 Å². The molecule has 0 fully saturated rings. The first kappa shape index (κ1) is 20.6. The van der Waals surface area contributed by atoms with E-state index in [4.69, 9.17) is 4.74 Å². The molecular formula is C19H20N2O4S3. The van der Waals surface area contributed by atoms with Gasteiger partial charge in [-0.25, -0.2) is 8.42 Å². The van der Waals surface area contributed by atoms with Gasteiger partial charge < -0.3 is 9.30 Å². The number of benzene rings is 2. The van der Waals surface area contributed by atoms with Gasteiger partial charge in [0, 0.05) is 24.1 Å². The van der Waals surface area contributed by atoms with E-state index in [1.54, 1.807) is 31.0 Å². The highest BCUT2D eigenvalue weighted by molar-refractivity contribution is 7.98. The molecular weight excluding hydrogens is 416 g/mol. The number of carbonyl (C=O) groups excluding carboxylic acids is 1. The largest absolute Gasteiger partial charge is 0.497 e. The van der Waals surface area contributed by atoms with Gasteiger partial charge in [0.2, 0.25) is 0 Å². The minimum atomic E-state index is -3.39. The lowest BCUT2D eigenvalue weighted by Gasteiger charge is -2.05. The zero-order chi connectivity index (χ0) is 20.3. The van der Waals surface area contributed by atoms with Crippen LogP contribution in [-0.2, 0) is 16.4 Å². The van der Waals surface area contributed by atoms with Crippen LogP contribution in [0.3, 0.4) is 0 Å². The standard InChI is InChI=1S/C19H20N2O4S3/c1-25-14-7-8-16-17(12-14)27-19(21(16)9-10-26-2)20-18(22)13-5-4-6-15(11-13)28(3,23)24/h4-8,11-12H,9-10H2,1-3H3. The Morgan fingerprint density at radius 1 is 1.25 bits per heavy atom. The number of sulfone groups is 1. The van der Waals surface area contributed by atoms with Gasteiger partial charge in [-0.15, -0.1) is 0 Å². The second-order valence-corrected chi connectivity index (χ2v) is 10.1. The summed E-state index contributed by atoms with van der Waals surface area (Å²) in [5.74, 6) is 1.15. The summed E-state index contributed by atoms with van der Waals surface area (Å²) in [6.07, 6.45) is 3.14. The molecule has 9 heteroatoms. The first-order chi connectivity index (χ1) is 13.3. The molecule has 28 heavy (non-hydrogen) atoms. The summed E-state index contributed by atoms with van der Waals surface area (Å²) in [6.45, 7) is 0.711.